The van der Waals surface area contributed by atoms with E-state index in [0.29, 0.717) is 5.56 Å². The van der Waals surface area contributed by atoms with E-state index in [0.717, 1.165) is 10.8 Å². The van der Waals surface area contributed by atoms with E-state index in [1.807, 2.05) is 18.2 Å². The number of hydrogen-bond acceptors (Lipinski definition) is 2. The normalized spacial score (nSPS) is 7.42. The van der Waals surface area contributed by atoms with Crippen LogP contribution in [0.4, 0.5) is 0 Å². The lowest BCUT2D eigenvalue weighted by atomic mass is 10.2. The van der Waals surface area contributed by atoms with E-state index in [4.69, 9.17) is 5.26 Å². The second-order valence-corrected chi connectivity index (χ2v) is 2.72. The van der Waals surface area contributed by atoms with E-state index in [2.05, 4.69) is 15.9 Å². The standard InChI is InChI=1S/C7H5BrO.C2H3N/c8-7-4-2-1-3-6(7)5-9;1-2-3/h1-5H;1H3. The lowest BCUT2D eigenvalue weighted by molar-refractivity contribution is 0.112. The van der Waals surface area contributed by atoms with Crippen molar-refractivity contribution in [2.45, 2.75) is 6.92 Å². The first kappa shape index (κ1) is 10.9. The van der Waals surface area contributed by atoms with Crippen LogP contribution in [0.3, 0.4) is 0 Å². The fourth-order valence-corrected chi connectivity index (χ4v) is 0.949. The third kappa shape index (κ3) is 3.89. The van der Waals surface area contributed by atoms with Gasteiger partial charge in [-0.3, -0.25) is 4.79 Å². The maximum Gasteiger partial charge on any atom is 0.151 e. The van der Waals surface area contributed by atoms with Crippen LogP contribution in [0, 0.1) is 11.3 Å². The second kappa shape index (κ2) is 6.56. The molecule has 0 radical (unpaired) electrons. The van der Waals surface area contributed by atoms with E-state index in [-0.39, 0.29) is 0 Å². The Morgan fingerprint density at radius 3 is 2.33 bits per heavy atom. The van der Waals surface area contributed by atoms with Gasteiger partial charge in [-0.1, -0.05) is 34.1 Å². The molecule has 0 fully saturated rings. The number of hydrogen-bond donors (Lipinski definition) is 0. The summed E-state index contributed by atoms with van der Waals surface area (Å²) in [7, 11) is 0. The third-order valence-electron chi connectivity index (χ3n) is 1.03. The molecule has 0 aromatic heterocycles. The van der Waals surface area contributed by atoms with Crippen molar-refractivity contribution in [3.63, 3.8) is 0 Å². The summed E-state index contributed by atoms with van der Waals surface area (Å²) >= 11 is 3.23. The Labute approximate surface area is 80.0 Å². The van der Waals surface area contributed by atoms with E-state index in [1.165, 1.54) is 6.92 Å². The van der Waals surface area contributed by atoms with Crippen molar-refractivity contribution in [3.8, 4) is 6.07 Å². The number of rotatable bonds is 1. The zero-order valence-electron chi connectivity index (χ0n) is 6.62. The molecule has 0 unspecified atom stereocenters. The summed E-state index contributed by atoms with van der Waals surface area (Å²) < 4.78 is 0.847. The number of carbonyl (C=O) groups excluding carboxylic acids is 1. The van der Waals surface area contributed by atoms with Crippen LogP contribution in [0.15, 0.2) is 28.7 Å². The fourth-order valence-electron chi connectivity index (χ4n) is 0.571. The molecular formula is C9H8BrNO. The Kier molecular flexibility index (Phi) is 5.94. The molecule has 12 heavy (non-hydrogen) atoms. The van der Waals surface area contributed by atoms with E-state index >= 15 is 0 Å². The summed E-state index contributed by atoms with van der Waals surface area (Å²) in [5.41, 5.74) is 0.692. The van der Waals surface area contributed by atoms with Gasteiger partial charge < -0.3 is 0 Å². The Hall–Kier alpha value is -1.14. The zero-order chi connectivity index (χ0) is 9.40. The highest BCUT2D eigenvalue weighted by atomic mass is 79.9. The van der Waals surface area contributed by atoms with Gasteiger partial charge in [0.05, 0.1) is 6.07 Å². The van der Waals surface area contributed by atoms with Crippen LogP contribution >= 0.6 is 15.9 Å². The van der Waals surface area contributed by atoms with E-state index in [1.54, 1.807) is 12.1 Å². The Bertz CT molecular complexity index is 291. The van der Waals surface area contributed by atoms with Crippen molar-refractivity contribution in [2.75, 3.05) is 0 Å². The minimum absolute atomic E-state index is 0.692. The van der Waals surface area contributed by atoms with Gasteiger partial charge in [-0.2, -0.15) is 5.26 Å². The molecule has 1 aromatic carbocycles. The number of halogens is 1. The molecule has 0 atom stereocenters. The summed E-state index contributed by atoms with van der Waals surface area (Å²) in [5, 5.41) is 7.32. The predicted molar refractivity (Wildman–Crippen MR) is 50.8 cm³/mol. The largest absolute Gasteiger partial charge is 0.298 e. The first-order valence-electron chi connectivity index (χ1n) is 3.26. The van der Waals surface area contributed by atoms with Crippen molar-refractivity contribution < 1.29 is 4.79 Å². The summed E-state index contributed by atoms with van der Waals surface area (Å²) in [6.07, 6.45) is 0.823. The number of carbonyl (C=O) groups is 1. The molecule has 0 aliphatic heterocycles. The lowest BCUT2D eigenvalue weighted by Gasteiger charge is -1.90. The first-order chi connectivity index (χ1) is 5.76. The summed E-state index contributed by atoms with van der Waals surface area (Å²) in [5.74, 6) is 0. The molecule has 0 amide bonds. The van der Waals surface area contributed by atoms with Gasteiger partial charge in [-0.25, -0.2) is 0 Å². The molecule has 1 aromatic rings. The van der Waals surface area contributed by atoms with Crippen LogP contribution < -0.4 is 0 Å². The first-order valence-corrected chi connectivity index (χ1v) is 4.06. The smallest absolute Gasteiger partial charge is 0.151 e. The van der Waals surface area contributed by atoms with Gasteiger partial charge in [0.25, 0.3) is 0 Å². The highest BCUT2D eigenvalue weighted by Crippen LogP contribution is 2.12. The highest BCUT2D eigenvalue weighted by molar-refractivity contribution is 9.10. The van der Waals surface area contributed by atoms with Crippen molar-refractivity contribution >= 4 is 22.2 Å². The van der Waals surface area contributed by atoms with Gasteiger partial charge in [-0.05, 0) is 6.07 Å². The quantitative estimate of drug-likeness (QED) is 0.690. The minimum atomic E-state index is 0.692. The zero-order valence-corrected chi connectivity index (χ0v) is 8.21. The Balaban J connectivity index is 0.000000354. The third-order valence-corrected chi connectivity index (χ3v) is 1.75. The Morgan fingerprint density at radius 1 is 1.50 bits per heavy atom. The molecule has 1 rings (SSSR count). The van der Waals surface area contributed by atoms with E-state index < -0.39 is 0 Å². The van der Waals surface area contributed by atoms with Gasteiger partial charge >= 0.3 is 0 Å². The average Bonchev–Trinajstić information content (AvgIpc) is 2.07. The van der Waals surface area contributed by atoms with Gasteiger partial charge in [0.2, 0.25) is 0 Å². The van der Waals surface area contributed by atoms with Crippen molar-refractivity contribution in [2.24, 2.45) is 0 Å². The van der Waals surface area contributed by atoms with Crippen LogP contribution in [0.25, 0.3) is 0 Å². The summed E-state index contributed by atoms with van der Waals surface area (Å²) in [6, 6.07) is 9.05. The van der Waals surface area contributed by atoms with E-state index in [9.17, 15) is 4.79 Å². The molecule has 0 bridgehead atoms. The minimum Gasteiger partial charge on any atom is -0.298 e. The summed E-state index contributed by atoms with van der Waals surface area (Å²) in [4.78, 5) is 10.2. The molecule has 0 aliphatic rings. The number of nitriles is 1. The highest BCUT2D eigenvalue weighted by Gasteiger charge is 1.92. The van der Waals surface area contributed by atoms with Crippen molar-refractivity contribution in [1.29, 1.82) is 5.26 Å². The van der Waals surface area contributed by atoms with Crippen LogP contribution in [0.5, 0.6) is 0 Å². The maximum atomic E-state index is 10.2. The monoisotopic (exact) mass is 225 g/mol. The molecule has 0 heterocycles. The number of nitrogens with zero attached hydrogens (tertiary/aromatic N) is 1. The molecular weight excluding hydrogens is 218 g/mol. The SMILES string of the molecule is CC#N.O=Cc1ccccc1Br. The van der Waals surface area contributed by atoms with Crippen molar-refractivity contribution in [1.82, 2.24) is 0 Å². The van der Waals surface area contributed by atoms with Gasteiger partial charge in [-0.15, -0.1) is 0 Å². The molecule has 0 saturated carbocycles. The molecule has 0 saturated heterocycles. The summed E-state index contributed by atoms with van der Waals surface area (Å²) in [6.45, 7) is 1.43. The molecule has 0 N–H and O–H groups in total. The van der Waals surface area contributed by atoms with Crippen LogP contribution in [0.1, 0.15) is 17.3 Å². The van der Waals surface area contributed by atoms with Crippen LogP contribution in [-0.2, 0) is 0 Å². The fraction of sp³-hybridized carbons (Fsp3) is 0.111. The van der Waals surface area contributed by atoms with Crippen LogP contribution in [0.2, 0.25) is 0 Å². The molecule has 2 nitrogen and oxygen atoms in total. The number of benzene rings is 1. The molecule has 0 spiro atoms. The topological polar surface area (TPSA) is 40.9 Å². The second-order valence-electron chi connectivity index (χ2n) is 1.86. The van der Waals surface area contributed by atoms with Crippen LogP contribution in [-0.4, -0.2) is 6.29 Å². The van der Waals surface area contributed by atoms with Gasteiger partial charge in [0.1, 0.15) is 0 Å². The Morgan fingerprint density at radius 2 is 2.00 bits per heavy atom. The maximum absolute atomic E-state index is 10.2. The average molecular weight is 226 g/mol. The van der Waals surface area contributed by atoms with Gasteiger partial charge in [0.15, 0.2) is 6.29 Å². The predicted octanol–water partition coefficient (Wildman–Crippen LogP) is 2.79. The lowest BCUT2D eigenvalue weighted by Crippen LogP contribution is -1.78. The number of aldehydes is 1. The van der Waals surface area contributed by atoms with Gasteiger partial charge in [0, 0.05) is 17.0 Å². The molecule has 0 aliphatic carbocycles. The van der Waals surface area contributed by atoms with Crippen molar-refractivity contribution in [3.05, 3.63) is 34.3 Å². The molecule has 3 heteroatoms. The molecule has 62 valence electrons.